The van der Waals surface area contributed by atoms with E-state index in [1.165, 1.54) is 0 Å². The van der Waals surface area contributed by atoms with E-state index in [0.29, 0.717) is 24.1 Å². The maximum atomic E-state index is 5.76. The normalized spacial score (nSPS) is 11.0. The highest BCUT2D eigenvalue weighted by atomic mass is 16.4. The lowest BCUT2D eigenvalue weighted by Crippen LogP contribution is -2.07. The van der Waals surface area contributed by atoms with Crippen LogP contribution in [0.25, 0.3) is 0 Å². The van der Waals surface area contributed by atoms with Gasteiger partial charge in [0.15, 0.2) is 0 Å². The second kappa shape index (κ2) is 5.26. The van der Waals surface area contributed by atoms with Crippen LogP contribution >= 0.6 is 0 Å². The van der Waals surface area contributed by atoms with Crippen LogP contribution in [0.15, 0.2) is 10.5 Å². The lowest BCUT2D eigenvalue weighted by atomic mass is 10.2. The fraction of sp³-hybridized carbons (Fsp3) is 0.462. The van der Waals surface area contributed by atoms with Crippen LogP contribution < -0.4 is 11.1 Å². The number of nitrogens with zero attached hydrogens (tertiary/aromatic N) is 3. The first-order valence-corrected chi connectivity index (χ1v) is 6.27. The average molecular weight is 261 g/mol. The quantitative estimate of drug-likeness (QED) is 0.878. The highest BCUT2D eigenvalue weighted by Crippen LogP contribution is 2.16. The Balaban J connectivity index is 2.11. The predicted molar refractivity (Wildman–Crippen MR) is 73.8 cm³/mol. The van der Waals surface area contributed by atoms with E-state index in [9.17, 15) is 0 Å². The predicted octanol–water partition coefficient (Wildman–Crippen LogP) is 2.40. The Morgan fingerprint density at radius 2 is 2.00 bits per heavy atom. The Hall–Kier alpha value is -2.11. The van der Waals surface area contributed by atoms with Gasteiger partial charge in [0.1, 0.15) is 23.2 Å². The van der Waals surface area contributed by atoms with Crippen LogP contribution in [-0.2, 0) is 6.54 Å². The molecule has 0 fully saturated rings. The van der Waals surface area contributed by atoms with Gasteiger partial charge in [0.05, 0.1) is 12.2 Å². The van der Waals surface area contributed by atoms with Gasteiger partial charge in [-0.1, -0.05) is 13.8 Å². The van der Waals surface area contributed by atoms with Gasteiger partial charge in [0, 0.05) is 12.0 Å². The molecule has 19 heavy (non-hydrogen) atoms. The molecule has 0 aliphatic carbocycles. The molecule has 0 unspecified atom stereocenters. The number of anilines is 2. The van der Waals surface area contributed by atoms with Gasteiger partial charge < -0.3 is 15.5 Å². The highest BCUT2D eigenvalue weighted by molar-refractivity contribution is 5.44. The van der Waals surface area contributed by atoms with E-state index in [1.807, 2.05) is 27.7 Å². The van der Waals surface area contributed by atoms with Crippen molar-refractivity contribution in [2.75, 3.05) is 11.1 Å². The lowest BCUT2D eigenvalue weighted by Gasteiger charge is -2.08. The molecule has 2 aromatic rings. The molecule has 0 aliphatic rings. The molecule has 2 aromatic heterocycles. The minimum Gasteiger partial charge on any atom is -0.444 e. The largest absolute Gasteiger partial charge is 0.444 e. The average Bonchev–Trinajstić information content (AvgIpc) is 2.65. The Bertz CT molecular complexity index is 557. The molecular weight excluding hydrogens is 242 g/mol. The minimum absolute atomic E-state index is 0.232. The third kappa shape index (κ3) is 3.21. The molecule has 0 aliphatic heterocycles. The molecule has 102 valence electrons. The summed E-state index contributed by atoms with van der Waals surface area (Å²) in [4.78, 5) is 12.9. The fourth-order valence-corrected chi connectivity index (χ4v) is 1.62. The molecule has 2 rings (SSSR count). The van der Waals surface area contributed by atoms with Crippen LogP contribution in [0.3, 0.4) is 0 Å². The van der Waals surface area contributed by atoms with Gasteiger partial charge in [-0.25, -0.2) is 15.0 Å². The summed E-state index contributed by atoms with van der Waals surface area (Å²) >= 11 is 0. The molecule has 0 atom stereocenters. The zero-order valence-electron chi connectivity index (χ0n) is 11.7. The van der Waals surface area contributed by atoms with Crippen LogP contribution in [-0.4, -0.2) is 15.0 Å². The molecule has 0 aromatic carbocycles. The number of hydrogen-bond acceptors (Lipinski definition) is 6. The molecule has 0 amide bonds. The smallest absolute Gasteiger partial charge is 0.213 e. The molecule has 6 nitrogen and oxygen atoms in total. The zero-order valence-corrected chi connectivity index (χ0v) is 11.7. The van der Waals surface area contributed by atoms with Crippen molar-refractivity contribution in [3.8, 4) is 0 Å². The number of hydrogen-bond donors (Lipinski definition) is 2. The number of nitrogen functional groups attached to an aromatic ring is 1. The standard InChI is InChI=1S/C13H19N5O/c1-7(2)13-17-10(14)5-11(18-13)15-6-12-16-8(3)9(4)19-12/h5,7H,6H2,1-4H3,(H3,14,15,17,18). The summed E-state index contributed by atoms with van der Waals surface area (Å²) < 4.78 is 5.50. The second-order valence-electron chi connectivity index (χ2n) is 4.79. The minimum atomic E-state index is 0.232. The monoisotopic (exact) mass is 261 g/mol. The summed E-state index contributed by atoms with van der Waals surface area (Å²) in [6.07, 6.45) is 0. The molecule has 3 N–H and O–H groups in total. The molecule has 0 radical (unpaired) electrons. The maximum absolute atomic E-state index is 5.76. The summed E-state index contributed by atoms with van der Waals surface area (Å²) in [6, 6.07) is 1.70. The van der Waals surface area contributed by atoms with Crippen molar-refractivity contribution in [2.45, 2.75) is 40.2 Å². The number of nitrogens with one attached hydrogen (secondary N) is 1. The van der Waals surface area contributed by atoms with Gasteiger partial charge >= 0.3 is 0 Å². The van der Waals surface area contributed by atoms with Crippen LogP contribution in [0.2, 0.25) is 0 Å². The van der Waals surface area contributed by atoms with E-state index in [4.69, 9.17) is 10.2 Å². The molecule has 0 saturated heterocycles. The van der Waals surface area contributed by atoms with Crippen LogP contribution in [0.5, 0.6) is 0 Å². The fourth-order valence-electron chi connectivity index (χ4n) is 1.62. The number of rotatable bonds is 4. The lowest BCUT2D eigenvalue weighted by molar-refractivity contribution is 0.478. The maximum Gasteiger partial charge on any atom is 0.213 e. The first kappa shape index (κ1) is 13.3. The first-order valence-electron chi connectivity index (χ1n) is 6.27. The Kier molecular flexibility index (Phi) is 3.69. The molecular formula is C13H19N5O. The zero-order chi connectivity index (χ0) is 14.0. The summed E-state index contributed by atoms with van der Waals surface area (Å²) in [5.74, 6) is 3.57. The van der Waals surface area contributed by atoms with Gasteiger partial charge in [-0.15, -0.1) is 0 Å². The highest BCUT2D eigenvalue weighted by Gasteiger charge is 2.08. The molecule has 2 heterocycles. The summed E-state index contributed by atoms with van der Waals surface area (Å²) in [6.45, 7) is 8.34. The third-order valence-corrected chi connectivity index (χ3v) is 2.77. The number of aromatic nitrogens is 3. The van der Waals surface area contributed by atoms with Gasteiger partial charge in [-0.2, -0.15) is 0 Å². The van der Waals surface area contributed by atoms with Gasteiger partial charge in [0.25, 0.3) is 0 Å². The van der Waals surface area contributed by atoms with E-state index >= 15 is 0 Å². The first-order chi connectivity index (χ1) is 8.95. The van der Waals surface area contributed by atoms with Crippen molar-refractivity contribution in [3.05, 3.63) is 29.2 Å². The van der Waals surface area contributed by atoms with Crippen molar-refractivity contribution in [1.82, 2.24) is 15.0 Å². The van der Waals surface area contributed by atoms with E-state index in [1.54, 1.807) is 6.07 Å². The Labute approximate surface area is 112 Å². The van der Waals surface area contributed by atoms with E-state index in [-0.39, 0.29) is 5.92 Å². The van der Waals surface area contributed by atoms with Gasteiger partial charge in [0.2, 0.25) is 5.89 Å². The van der Waals surface area contributed by atoms with Crippen molar-refractivity contribution in [2.24, 2.45) is 0 Å². The van der Waals surface area contributed by atoms with Gasteiger partial charge in [-0.3, -0.25) is 0 Å². The number of oxazole rings is 1. The SMILES string of the molecule is Cc1nc(CNc2cc(N)nc(C(C)C)n2)oc1C. The van der Waals surface area contributed by atoms with E-state index in [2.05, 4.69) is 20.3 Å². The van der Waals surface area contributed by atoms with Crippen molar-refractivity contribution >= 4 is 11.6 Å². The van der Waals surface area contributed by atoms with Crippen molar-refractivity contribution in [3.63, 3.8) is 0 Å². The summed E-state index contributed by atoms with van der Waals surface area (Å²) in [5, 5.41) is 3.15. The second-order valence-corrected chi connectivity index (χ2v) is 4.79. The molecule has 0 bridgehead atoms. The summed E-state index contributed by atoms with van der Waals surface area (Å²) in [7, 11) is 0. The third-order valence-electron chi connectivity index (χ3n) is 2.77. The van der Waals surface area contributed by atoms with Crippen LogP contribution in [0.1, 0.15) is 42.9 Å². The van der Waals surface area contributed by atoms with Crippen LogP contribution in [0, 0.1) is 13.8 Å². The van der Waals surface area contributed by atoms with Crippen molar-refractivity contribution in [1.29, 1.82) is 0 Å². The van der Waals surface area contributed by atoms with Gasteiger partial charge in [-0.05, 0) is 13.8 Å². The van der Waals surface area contributed by atoms with E-state index in [0.717, 1.165) is 17.3 Å². The molecule has 0 spiro atoms. The number of nitrogens with two attached hydrogens (primary N) is 1. The van der Waals surface area contributed by atoms with Crippen LogP contribution in [0.4, 0.5) is 11.6 Å². The number of aryl methyl sites for hydroxylation is 2. The topological polar surface area (TPSA) is 89.9 Å². The van der Waals surface area contributed by atoms with E-state index < -0.39 is 0 Å². The molecule has 0 saturated carbocycles. The molecule has 6 heteroatoms. The summed E-state index contributed by atoms with van der Waals surface area (Å²) in [5.41, 5.74) is 6.67. The Morgan fingerprint density at radius 3 is 2.58 bits per heavy atom. The van der Waals surface area contributed by atoms with Crippen molar-refractivity contribution < 1.29 is 4.42 Å². The Morgan fingerprint density at radius 1 is 1.26 bits per heavy atom.